The van der Waals surface area contributed by atoms with E-state index in [9.17, 15) is 9.18 Å². The number of carboxylic acid groups (broad SMARTS) is 1. The summed E-state index contributed by atoms with van der Waals surface area (Å²) in [5.74, 6) is -1.65. The van der Waals surface area contributed by atoms with Crippen molar-refractivity contribution in [3.63, 3.8) is 0 Å². The topological polar surface area (TPSA) is 76.2 Å². The van der Waals surface area contributed by atoms with Gasteiger partial charge in [-0.2, -0.15) is 4.39 Å². The fourth-order valence-electron chi connectivity index (χ4n) is 1.09. The van der Waals surface area contributed by atoms with Crippen LogP contribution in [0.2, 0.25) is 0 Å². The highest BCUT2D eigenvalue weighted by atomic mass is 19.1. The average molecular weight is 198 g/mol. The third kappa shape index (κ3) is 2.50. The summed E-state index contributed by atoms with van der Waals surface area (Å²) in [4.78, 5) is 13.9. The fourth-order valence-corrected chi connectivity index (χ4v) is 1.09. The van der Waals surface area contributed by atoms with Gasteiger partial charge in [0.2, 0.25) is 5.95 Å². The Morgan fingerprint density at radius 1 is 1.79 bits per heavy atom. The Balaban J connectivity index is 2.82. The zero-order valence-electron chi connectivity index (χ0n) is 7.70. The lowest BCUT2D eigenvalue weighted by Crippen LogP contribution is -2.32. The summed E-state index contributed by atoms with van der Waals surface area (Å²) in [7, 11) is 0. The lowest BCUT2D eigenvalue weighted by Gasteiger charge is -2.08. The Morgan fingerprint density at radius 3 is 2.93 bits per heavy atom. The van der Waals surface area contributed by atoms with E-state index in [1.807, 2.05) is 0 Å². The number of rotatable bonds is 3. The summed E-state index contributed by atoms with van der Waals surface area (Å²) in [6.45, 7) is 1.69. The summed E-state index contributed by atoms with van der Waals surface area (Å²) in [6.07, 6.45) is 1.47. The van der Waals surface area contributed by atoms with Crippen molar-refractivity contribution in [3.8, 4) is 0 Å². The minimum atomic E-state index is -1.08. The van der Waals surface area contributed by atoms with Crippen LogP contribution in [0, 0.1) is 12.9 Å². The number of nitrogens with two attached hydrogens (primary N) is 1. The first-order valence-corrected chi connectivity index (χ1v) is 4.10. The van der Waals surface area contributed by atoms with E-state index in [1.54, 1.807) is 6.92 Å². The molecule has 0 aromatic carbocycles. The van der Waals surface area contributed by atoms with Gasteiger partial charge < -0.3 is 10.8 Å². The van der Waals surface area contributed by atoms with Gasteiger partial charge in [-0.05, 0) is 24.1 Å². The van der Waals surface area contributed by atoms with Crippen molar-refractivity contribution >= 4 is 5.97 Å². The maximum atomic E-state index is 12.6. The minimum absolute atomic E-state index is 0.161. The molecule has 1 rings (SSSR count). The molecule has 1 aromatic rings. The van der Waals surface area contributed by atoms with Gasteiger partial charge in [0.05, 0.1) is 0 Å². The van der Waals surface area contributed by atoms with Gasteiger partial charge in [0, 0.05) is 12.6 Å². The average Bonchev–Trinajstić information content (AvgIpc) is 2.09. The van der Waals surface area contributed by atoms with Crippen LogP contribution in [-0.2, 0) is 11.2 Å². The molecule has 4 nitrogen and oxygen atoms in total. The predicted molar refractivity (Wildman–Crippen MR) is 48.2 cm³/mol. The molecule has 0 radical (unpaired) electrons. The molecule has 3 N–H and O–H groups in total. The lowest BCUT2D eigenvalue weighted by atomic mass is 10.0. The second kappa shape index (κ2) is 4.15. The number of carbonyl (C=O) groups is 1. The number of aliphatic carboxylic acids is 1. The number of hydrogen-bond donors (Lipinski definition) is 2. The van der Waals surface area contributed by atoms with E-state index >= 15 is 0 Å². The molecular weight excluding hydrogens is 187 g/mol. The van der Waals surface area contributed by atoms with Crippen molar-refractivity contribution in [1.82, 2.24) is 4.98 Å². The number of aromatic nitrogens is 1. The molecule has 76 valence electrons. The molecule has 0 spiro atoms. The van der Waals surface area contributed by atoms with Crippen LogP contribution in [0.15, 0.2) is 12.3 Å². The number of carboxylic acids is 1. The SMILES string of the molecule is Cc1cc(F)ncc1CC(N)C(=O)O. The fraction of sp³-hybridized carbons (Fsp3) is 0.333. The first-order chi connectivity index (χ1) is 6.50. The molecule has 1 atom stereocenters. The Kier molecular flexibility index (Phi) is 3.14. The van der Waals surface area contributed by atoms with Crippen molar-refractivity contribution in [1.29, 1.82) is 0 Å². The van der Waals surface area contributed by atoms with Gasteiger partial charge in [-0.3, -0.25) is 4.79 Å². The summed E-state index contributed by atoms with van der Waals surface area (Å²) in [5, 5.41) is 8.57. The van der Waals surface area contributed by atoms with E-state index in [4.69, 9.17) is 10.8 Å². The number of aryl methyl sites for hydroxylation is 1. The van der Waals surface area contributed by atoms with Gasteiger partial charge in [0.15, 0.2) is 0 Å². The normalized spacial score (nSPS) is 12.5. The van der Waals surface area contributed by atoms with Gasteiger partial charge in [-0.25, -0.2) is 4.98 Å². The second-order valence-corrected chi connectivity index (χ2v) is 3.08. The Bertz CT molecular complexity index is 355. The second-order valence-electron chi connectivity index (χ2n) is 3.08. The Morgan fingerprint density at radius 2 is 2.43 bits per heavy atom. The molecule has 5 heteroatoms. The molecule has 14 heavy (non-hydrogen) atoms. The zero-order chi connectivity index (χ0) is 10.7. The third-order valence-electron chi connectivity index (χ3n) is 1.94. The van der Waals surface area contributed by atoms with Gasteiger partial charge in [0.25, 0.3) is 0 Å². The monoisotopic (exact) mass is 198 g/mol. The third-order valence-corrected chi connectivity index (χ3v) is 1.94. The molecule has 0 saturated heterocycles. The maximum absolute atomic E-state index is 12.6. The van der Waals surface area contributed by atoms with Crippen molar-refractivity contribution < 1.29 is 14.3 Å². The van der Waals surface area contributed by atoms with Crippen LogP contribution in [0.3, 0.4) is 0 Å². The molecule has 0 bridgehead atoms. The van der Waals surface area contributed by atoms with E-state index in [0.29, 0.717) is 11.1 Å². The molecule has 1 heterocycles. The van der Waals surface area contributed by atoms with Gasteiger partial charge in [0.1, 0.15) is 6.04 Å². The minimum Gasteiger partial charge on any atom is -0.480 e. The van der Waals surface area contributed by atoms with E-state index in [1.165, 1.54) is 12.3 Å². The first kappa shape index (κ1) is 10.6. The van der Waals surface area contributed by atoms with Crippen molar-refractivity contribution in [3.05, 3.63) is 29.3 Å². The zero-order valence-corrected chi connectivity index (χ0v) is 7.70. The van der Waals surface area contributed by atoms with Gasteiger partial charge in [-0.15, -0.1) is 0 Å². The van der Waals surface area contributed by atoms with Crippen molar-refractivity contribution in [2.24, 2.45) is 5.73 Å². The highest BCUT2D eigenvalue weighted by Crippen LogP contribution is 2.09. The molecule has 1 unspecified atom stereocenters. The molecule has 1 aromatic heterocycles. The number of nitrogens with zero attached hydrogens (tertiary/aromatic N) is 1. The maximum Gasteiger partial charge on any atom is 0.320 e. The smallest absolute Gasteiger partial charge is 0.320 e. The quantitative estimate of drug-likeness (QED) is 0.693. The first-order valence-electron chi connectivity index (χ1n) is 4.10. The van der Waals surface area contributed by atoms with Crippen LogP contribution >= 0.6 is 0 Å². The van der Waals surface area contributed by atoms with Crippen molar-refractivity contribution in [2.45, 2.75) is 19.4 Å². The largest absolute Gasteiger partial charge is 0.480 e. The molecule has 0 aliphatic heterocycles. The molecule has 0 aliphatic rings. The molecule has 0 saturated carbocycles. The number of pyridine rings is 1. The summed E-state index contributed by atoms with van der Waals surface area (Å²) in [5.41, 5.74) is 6.65. The van der Waals surface area contributed by atoms with Crippen LogP contribution in [0.1, 0.15) is 11.1 Å². The summed E-state index contributed by atoms with van der Waals surface area (Å²) < 4.78 is 12.6. The molecular formula is C9H11FN2O2. The van der Waals surface area contributed by atoms with Crippen molar-refractivity contribution in [2.75, 3.05) is 0 Å². The predicted octanol–water partition coefficient (Wildman–Crippen LogP) is 0.484. The standard InChI is InChI=1S/C9H11FN2O2/c1-5-2-8(10)12-4-6(5)3-7(11)9(13)14/h2,4,7H,3,11H2,1H3,(H,13,14). The number of hydrogen-bond acceptors (Lipinski definition) is 3. The van der Waals surface area contributed by atoms with E-state index in [-0.39, 0.29) is 6.42 Å². The van der Waals surface area contributed by atoms with E-state index in [0.717, 1.165) is 0 Å². The van der Waals surface area contributed by atoms with Gasteiger partial charge >= 0.3 is 5.97 Å². The summed E-state index contributed by atoms with van der Waals surface area (Å²) in [6, 6.07) is 0.283. The van der Waals surface area contributed by atoms with Crippen LogP contribution in [-0.4, -0.2) is 22.1 Å². The Hall–Kier alpha value is -1.49. The lowest BCUT2D eigenvalue weighted by molar-refractivity contribution is -0.138. The molecule has 0 fully saturated rings. The van der Waals surface area contributed by atoms with Crippen LogP contribution < -0.4 is 5.73 Å². The van der Waals surface area contributed by atoms with E-state index in [2.05, 4.69) is 4.98 Å². The van der Waals surface area contributed by atoms with Crippen LogP contribution in [0.25, 0.3) is 0 Å². The highest BCUT2D eigenvalue weighted by Gasteiger charge is 2.13. The number of halogens is 1. The van der Waals surface area contributed by atoms with Crippen LogP contribution in [0.5, 0.6) is 0 Å². The van der Waals surface area contributed by atoms with E-state index < -0.39 is 18.0 Å². The van der Waals surface area contributed by atoms with Gasteiger partial charge in [-0.1, -0.05) is 0 Å². The highest BCUT2D eigenvalue weighted by molar-refractivity contribution is 5.73. The van der Waals surface area contributed by atoms with Crippen LogP contribution in [0.4, 0.5) is 4.39 Å². The Labute approximate surface area is 80.6 Å². The molecule has 0 amide bonds. The molecule has 0 aliphatic carbocycles. The summed E-state index contributed by atoms with van der Waals surface area (Å²) >= 11 is 0.